The Hall–Kier alpha value is -3.22. The Kier molecular flexibility index (Phi) is 9.14. The molecule has 0 amide bonds. The van der Waals surface area contributed by atoms with Gasteiger partial charge in [0.15, 0.2) is 17.3 Å². The molecule has 0 aliphatic rings. The van der Waals surface area contributed by atoms with E-state index >= 15 is 0 Å². The molecule has 0 bridgehead atoms. The summed E-state index contributed by atoms with van der Waals surface area (Å²) < 4.78 is 16.7. The quantitative estimate of drug-likeness (QED) is 0.313. The topological polar surface area (TPSA) is 102 Å². The Labute approximate surface area is 195 Å². The normalized spacial score (nSPS) is 11.2. The third-order valence-corrected chi connectivity index (χ3v) is 5.25. The first-order valence-corrected chi connectivity index (χ1v) is 11.1. The number of rotatable bonds is 12. The molecular formula is C26H34O7. The lowest BCUT2D eigenvalue weighted by atomic mass is 9.88. The third kappa shape index (κ3) is 7.70. The van der Waals surface area contributed by atoms with Crippen molar-refractivity contribution in [3.8, 4) is 23.0 Å². The number of carbonyl (C=O) groups is 2. The standard InChI is InChI=1S/C26H34O7/c1-17-21(11-9-19(24(17)28)20(27)12-13-26(2,3)4)32-14-6-7-15-33-23-16-18(25(29)30)8-10-22(23)31-5/h8-11,16,28H,6-7,12-15H2,1-5H3,(H,29,30). The fraction of sp³-hybridized carbons (Fsp3) is 0.462. The van der Waals surface area contributed by atoms with Gasteiger partial charge in [-0.1, -0.05) is 20.8 Å². The summed E-state index contributed by atoms with van der Waals surface area (Å²) in [6, 6.07) is 7.80. The molecule has 7 nitrogen and oxygen atoms in total. The number of carboxylic acids is 1. The van der Waals surface area contributed by atoms with Gasteiger partial charge in [-0.15, -0.1) is 0 Å². The Morgan fingerprint density at radius 1 is 0.939 bits per heavy atom. The Balaban J connectivity index is 1.84. The minimum atomic E-state index is -1.03. The van der Waals surface area contributed by atoms with Crippen LogP contribution in [0.1, 0.15) is 72.7 Å². The number of aromatic carboxylic acids is 1. The maximum absolute atomic E-state index is 12.5. The van der Waals surface area contributed by atoms with E-state index in [1.165, 1.54) is 19.2 Å². The van der Waals surface area contributed by atoms with E-state index in [0.29, 0.717) is 60.9 Å². The van der Waals surface area contributed by atoms with Crippen LogP contribution in [0.4, 0.5) is 0 Å². The third-order valence-electron chi connectivity index (χ3n) is 5.25. The van der Waals surface area contributed by atoms with Gasteiger partial charge in [0, 0.05) is 12.0 Å². The maximum Gasteiger partial charge on any atom is 0.335 e. The molecule has 180 valence electrons. The van der Waals surface area contributed by atoms with Crippen LogP contribution in [-0.4, -0.2) is 42.3 Å². The van der Waals surface area contributed by atoms with E-state index in [4.69, 9.17) is 19.3 Å². The van der Waals surface area contributed by atoms with Gasteiger partial charge in [0.1, 0.15) is 11.5 Å². The van der Waals surface area contributed by atoms with Gasteiger partial charge in [0.2, 0.25) is 0 Å². The highest BCUT2D eigenvalue weighted by Crippen LogP contribution is 2.33. The second kappa shape index (κ2) is 11.6. The van der Waals surface area contributed by atoms with E-state index in [-0.39, 0.29) is 22.5 Å². The van der Waals surface area contributed by atoms with Crippen molar-refractivity contribution in [1.82, 2.24) is 0 Å². The lowest BCUT2D eigenvalue weighted by Crippen LogP contribution is -2.10. The predicted molar refractivity (Wildman–Crippen MR) is 126 cm³/mol. The molecule has 2 rings (SSSR count). The molecule has 0 heterocycles. The van der Waals surface area contributed by atoms with Gasteiger partial charge in [-0.3, -0.25) is 4.79 Å². The van der Waals surface area contributed by atoms with Gasteiger partial charge >= 0.3 is 5.97 Å². The molecule has 0 radical (unpaired) electrons. The van der Waals surface area contributed by atoms with Crippen LogP contribution in [0.15, 0.2) is 30.3 Å². The number of carbonyl (C=O) groups excluding carboxylic acids is 1. The smallest absolute Gasteiger partial charge is 0.335 e. The van der Waals surface area contributed by atoms with Crippen molar-refractivity contribution in [2.75, 3.05) is 20.3 Å². The summed E-state index contributed by atoms with van der Waals surface area (Å²) in [6.07, 6.45) is 2.50. The number of unbranched alkanes of at least 4 members (excludes halogenated alkanes) is 1. The summed E-state index contributed by atoms with van der Waals surface area (Å²) in [5.74, 6) is 0.259. The van der Waals surface area contributed by atoms with Crippen LogP contribution < -0.4 is 14.2 Å². The van der Waals surface area contributed by atoms with Crippen LogP contribution in [0.3, 0.4) is 0 Å². The first-order valence-electron chi connectivity index (χ1n) is 11.1. The number of hydrogen-bond acceptors (Lipinski definition) is 6. The zero-order chi connectivity index (χ0) is 24.6. The lowest BCUT2D eigenvalue weighted by molar-refractivity contribution is 0.0696. The van der Waals surface area contributed by atoms with Crippen LogP contribution >= 0.6 is 0 Å². The van der Waals surface area contributed by atoms with Crippen LogP contribution in [0.2, 0.25) is 0 Å². The Morgan fingerprint density at radius 3 is 2.12 bits per heavy atom. The average Bonchev–Trinajstić information content (AvgIpc) is 2.76. The fourth-order valence-corrected chi connectivity index (χ4v) is 3.18. The number of Topliss-reactive ketones (excluding diaryl/α,β-unsaturated/α-hetero) is 1. The average molecular weight is 459 g/mol. The highest BCUT2D eigenvalue weighted by Gasteiger charge is 2.19. The molecule has 0 aromatic heterocycles. The number of phenols is 1. The number of methoxy groups -OCH3 is 1. The van der Waals surface area contributed by atoms with Gasteiger partial charge in [-0.05, 0) is 61.9 Å². The SMILES string of the molecule is COc1ccc(C(=O)O)cc1OCCCCOc1ccc(C(=O)CCC(C)(C)C)c(O)c1C. The van der Waals surface area contributed by atoms with E-state index in [9.17, 15) is 14.7 Å². The van der Waals surface area contributed by atoms with Crippen LogP contribution in [0.5, 0.6) is 23.0 Å². The first-order chi connectivity index (χ1) is 15.5. The van der Waals surface area contributed by atoms with E-state index in [1.54, 1.807) is 25.1 Å². The van der Waals surface area contributed by atoms with Gasteiger partial charge in [-0.25, -0.2) is 4.79 Å². The second-order valence-electron chi connectivity index (χ2n) is 9.14. The van der Waals surface area contributed by atoms with Crippen LogP contribution in [0, 0.1) is 12.3 Å². The predicted octanol–water partition coefficient (Wildman–Crippen LogP) is 5.65. The minimum absolute atomic E-state index is 0.0276. The molecule has 0 saturated carbocycles. The number of phenolic OH excluding ortho intramolecular Hbond substituents is 1. The molecule has 0 aliphatic heterocycles. The summed E-state index contributed by atoms with van der Waals surface area (Å²) in [5.41, 5.74) is 1.06. The largest absolute Gasteiger partial charge is 0.507 e. The summed E-state index contributed by atoms with van der Waals surface area (Å²) in [5, 5.41) is 19.6. The number of hydrogen-bond donors (Lipinski definition) is 2. The molecule has 7 heteroatoms. The van der Waals surface area contributed by atoms with E-state index in [0.717, 1.165) is 6.42 Å². The van der Waals surface area contributed by atoms with Crippen molar-refractivity contribution in [2.24, 2.45) is 5.41 Å². The molecular weight excluding hydrogens is 424 g/mol. The van der Waals surface area contributed by atoms with Crippen molar-refractivity contribution in [3.05, 3.63) is 47.0 Å². The molecule has 0 saturated heterocycles. The lowest BCUT2D eigenvalue weighted by Gasteiger charge is -2.18. The maximum atomic E-state index is 12.5. The van der Waals surface area contributed by atoms with Gasteiger partial charge in [-0.2, -0.15) is 0 Å². The van der Waals surface area contributed by atoms with Crippen LogP contribution in [0.25, 0.3) is 0 Å². The van der Waals surface area contributed by atoms with Gasteiger partial charge in [0.25, 0.3) is 0 Å². The number of ether oxygens (including phenoxy) is 3. The van der Waals surface area contributed by atoms with E-state index in [1.807, 2.05) is 0 Å². The van der Waals surface area contributed by atoms with Crippen molar-refractivity contribution < 1.29 is 34.0 Å². The minimum Gasteiger partial charge on any atom is -0.507 e. The molecule has 2 aromatic carbocycles. The van der Waals surface area contributed by atoms with Crippen LogP contribution in [-0.2, 0) is 0 Å². The molecule has 0 atom stereocenters. The molecule has 33 heavy (non-hydrogen) atoms. The number of benzene rings is 2. The molecule has 0 aliphatic carbocycles. The highest BCUT2D eigenvalue weighted by atomic mass is 16.5. The summed E-state index contributed by atoms with van der Waals surface area (Å²) in [6.45, 7) is 8.75. The Bertz CT molecular complexity index is 973. The Morgan fingerprint density at radius 2 is 1.55 bits per heavy atom. The number of aromatic hydroxyl groups is 1. The molecule has 0 unspecified atom stereocenters. The number of carboxylic acid groups (broad SMARTS) is 1. The van der Waals surface area contributed by atoms with E-state index < -0.39 is 5.97 Å². The zero-order valence-electron chi connectivity index (χ0n) is 20.1. The molecule has 2 N–H and O–H groups in total. The van der Waals surface area contributed by atoms with Crippen molar-refractivity contribution in [2.45, 2.75) is 53.4 Å². The van der Waals surface area contributed by atoms with Gasteiger partial charge < -0.3 is 24.4 Å². The van der Waals surface area contributed by atoms with Crippen molar-refractivity contribution in [3.63, 3.8) is 0 Å². The van der Waals surface area contributed by atoms with E-state index in [2.05, 4.69) is 20.8 Å². The number of ketones is 1. The monoisotopic (exact) mass is 458 g/mol. The molecule has 2 aromatic rings. The highest BCUT2D eigenvalue weighted by molar-refractivity contribution is 5.99. The van der Waals surface area contributed by atoms with Crippen molar-refractivity contribution >= 4 is 11.8 Å². The summed E-state index contributed by atoms with van der Waals surface area (Å²) in [4.78, 5) is 23.6. The second-order valence-corrected chi connectivity index (χ2v) is 9.14. The summed E-state index contributed by atoms with van der Waals surface area (Å²) in [7, 11) is 1.50. The molecule has 0 fully saturated rings. The van der Waals surface area contributed by atoms with Crippen molar-refractivity contribution in [1.29, 1.82) is 0 Å². The molecule has 0 spiro atoms. The fourth-order valence-electron chi connectivity index (χ4n) is 3.18. The first kappa shape index (κ1) is 26.0. The van der Waals surface area contributed by atoms with Gasteiger partial charge in [0.05, 0.1) is 31.5 Å². The summed E-state index contributed by atoms with van der Waals surface area (Å²) >= 11 is 0. The zero-order valence-corrected chi connectivity index (χ0v) is 20.1.